The third-order valence-corrected chi connectivity index (χ3v) is 3.91. The van der Waals surface area contributed by atoms with Crippen molar-refractivity contribution in [3.63, 3.8) is 0 Å². The first-order valence-corrected chi connectivity index (χ1v) is 7.61. The van der Waals surface area contributed by atoms with E-state index in [1.165, 1.54) is 0 Å². The molecule has 0 saturated heterocycles. The fourth-order valence-electron chi connectivity index (χ4n) is 1.93. The predicted octanol–water partition coefficient (Wildman–Crippen LogP) is 2.26. The summed E-state index contributed by atoms with van der Waals surface area (Å²) in [6, 6.07) is 11.8. The number of carbonyl (C=O) groups excluding carboxylic acids is 1. The second-order valence-electron chi connectivity index (χ2n) is 4.74. The molecule has 0 aliphatic carbocycles. The molecule has 1 heterocycles. The fraction of sp³-hybridized carbons (Fsp3) is 0.235. The molecule has 0 saturated carbocycles. The van der Waals surface area contributed by atoms with Crippen LogP contribution >= 0.6 is 11.3 Å². The lowest BCUT2D eigenvalue weighted by Gasteiger charge is -2.16. The minimum atomic E-state index is 0.113. The third-order valence-electron chi connectivity index (χ3n) is 3.01. The van der Waals surface area contributed by atoms with Gasteiger partial charge in [-0.3, -0.25) is 4.79 Å². The van der Waals surface area contributed by atoms with Crippen LogP contribution in [0.5, 0.6) is 0 Å². The van der Waals surface area contributed by atoms with E-state index in [1.807, 2.05) is 48.8 Å². The predicted molar refractivity (Wildman–Crippen MR) is 86.9 cm³/mol. The van der Waals surface area contributed by atoms with Gasteiger partial charge in [0.1, 0.15) is 0 Å². The molecular formula is C17H18N2OS. The van der Waals surface area contributed by atoms with E-state index in [-0.39, 0.29) is 5.91 Å². The van der Waals surface area contributed by atoms with Gasteiger partial charge in [0.25, 0.3) is 0 Å². The van der Waals surface area contributed by atoms with Crippen LogP contribution in [0.15, 0.2) is 41.8 Å². The average molecular weight is 298 g/mol. The van der Waals surface area contributed by atoms with E-state index in [4.69, 9.17) is 5.73 Å². The van der Waals surface area contributed by atoms with E-state index in [0.717, 1.165) is 16.0 Å². The first kappa shape index (κ1) is 15.3. The highest BCUT2D eigenvalue weighted by Crippen LogP contribution is 2.15. The largest absolute Gasteiger partial charge is 0.341 e. The lowest BCUT2D eigenvalue weighted by atomic mass is 10.1. The second kappa shape index (κ2) is 7.63. The first-order chi connectivity index (χ1) is 10.2. The molecule has 4 heteroatoms. The van der Waals surface area contributed by atoms with Crippen molar-refractivity contribution < 1.29 is 4.79 Å². The maximum Gasteiger partial charge on any atom is 0.227 e. The lowest BCUT2D eigenvalue weighted by Crippen LogP contribution is -2.27. The van der Waals surface area contributed by atoms with Gasteiger partial charge in [0.05, 0.1) is 17.8 Å². The summed E-state index contributed by atoms with van der Waals surface area (Å²) in [6.45, 7) is 0.967. The summed E-state index contributed by atoms with van der Waals surface area (Å²) in [5, 5.41) is 2.03. The number of benzene rings is 1. The Morgan fingerprint density at radius 3 is 2.76 bits per heavy atom. The molecule has 0 aliphatic rings. The van der Waals surface area contributed by atoms with Crippen molar-refractivity contribution in [2.75, 3.05) is 13.6 Å². The molecule has 0 unspecified atom stereocenters. The van der Waals surface area contributed by atoms with Crippen LogP contribution in [0.1, 0.15) is 16.0 Å². The Labute approximate surface area is 129 Å². The monoisotopic (exact) mass is 298 g/mol. The van der Waals surface area contributed by atoms with Gasteiger partial charge in [0.2, 0.25) is 5.91 Å². The van der Waals surface area contributed by atoms with E-state index < -0.39 is 0 Å². The molecule has 0 aliphatic heterocycles. The zero-order valence-corrected chi connectivity index (χ0v) is 12.8. The Morgan fingerprint density at radius 2 is 2.05 bits per heavy atom. The summed E-state index contributed by atoms with van der Waals surface area (Å²) in [7, 11) is 1.83. The van der Waals surface area contributed by atoms with Crippen LogP contribution in [0.4, 0.5) is 0 Å². The number of carbonyl (C=O) groups is 1. The van der Waals surface area contributed by atoms with Crippen LogP contribution in [0.2, 0.25) is 0 Å². The molecule has 0 atom stereocenters. The molecule has 2 N–H and O–H groups in total. The summed E-state index contributed by atoms with van der Waals surface area (Å²) >= 11 is 1.58. The quantitative estimate of drug-likeness (QED) is 0.880. The highest BCUT2D eigenvalue weighted by atomic mass is 32.1. The number of amides is 1. The lowest BCUT2D eigenvalue weighted by molar-refractivity contribution is -0.129. The van der Waals surface area contributed by atoms with Gasteiger partial charge in [-0.1, -0.05) is 42.2 Å². The van der Waals surface area contributed by atoms with Crippen molar-refractivity contribution in [1.82, 2.24) is 4.90 Å². The Morgan fingerprint density at radius 1 is 1.29 bits per heavy atom. The second-order valence-corrected chi connectivity index (χ2v) is 5.65. The molecule has 108 valence electrons. The van der Waals surface area contributed by atoms with Gasteiger partial charge in [0, 0.05) is 13.6 Å². The van der Waals surface area contributed by atoms with Crippen LogP contribution in [-0.2, 0) is 17.8 Å². The van der Waals surface area contributed by atoms with Gasteiger partial charge in [-0.2, -0.15) is 0 Å². The van der Waals surface area contributed by atoms with Gasteiger partial charge < -0.3 is 10.6 Å². The molecule has 1 amide bonds. The van der Waals surface area contributed by atoms with Crippen LogP contribution in [0.3, 0.4) is 0 Å². The van der Waals surface area contributed by atoms with Crippen LogP contribution in [0.25, 0.3) is 0 Å². The normalized spacial score (nSPS) is 9.81. The number of rotatable bonds is 4. The Bertz CT molecular complexity index is 652. The highest BCUT2D eigenvalue weighted by molar-refractivity contribution is 7.10. The van der Waals surface area contributed by atoms with E-state index in [2.05, 4.69) is 11.8 Å². The van der Waals surface area contributed by atoms with E-state index in [1.54, 1.807) is 16.2 Å². The molecule has 2 aromatic rings. The molecule has 0 radical (unpaired) electrons. The zero-order chi connectivity index (χ0) is 15.1. The fourth-order valence-corrected chi connectivity index (χ4v) is 2.70. The Kier molecular flexibility index (Phi) is 5.56. The number of nitrogens with two attached hydrogens (primary N) is 1. The maximum absolute atomic E-state index is 12.2. The van der Waals surface area contributed by atoms with Crippen molar-refractivity contribution >= 4 is 17.2 Å². The molecule has 1 aromatic heterocycles. The van der Waals surface area contributed by atoms with Crippen molar-refractivity contribution in [3.05, 3.63) is 57.8 Å². The molecule has 1 aromatic carbocycles. The summed E-state index contributed by atoms with van der Waals surface area (Å²) in [5.41, 5.74) is 7.49. The number of hydrogen-bond acceptors (Lipinski definition) is 3. The number of thiophene rings is 1. The molecular weight excluding hydrogens is 280 g/mol. The van der Waals surface area contributed by atoms with Gasteiger partial charge in [0.15, 0.2) is 0 Å². The Balaban J connectivity index is 1.93. The van der Waals surface area contributed by atoms with Gasteiger partial charge in [-0.25, -0.2) is 0 Å². The van der Waals surface area contributed by atoms with Crippen LogP contribution in [-0.4, -0.2) is 24.4 Å². The SMILES string of the molecule is CN(Cc1csc(C#CCN)c1)C(=O)Cc1ccccc1. The minimum Gasteiger partial charge on any atom is -0.341 e. The average Bonchev–Trinajstić information content (AvgIpc) is 2.93. The zero-order valence-electron chi connectivity index (χ0n) is 12.0. The van der Waals surface area contributed by atoms with Crippen molar-refractivity contribution in [2.24, 2.45) is 5.73 Å². The van der Waals surface area contributed by atoms with Crippen molar-refractivity contribution in [2.45, 2.75) is 13.0 Å². The standard InChI is InChI=1S/C17H18N2OS/c1-19(17(20)11-14-6-3-2-4-7-14)12-15-10-16(21-13-15)8-5-9-18/h2-4,6-7,10,13H,9,11-12,18H2,1H3. The van der Waals surface area contributed by atoms with Crippen molar-refractivity contribution in [1.29, 1.82) is 0 Å². The maximum atomic E-state index is 12.2. The summed E-state index contributed by atoms with van der Waals surface area (Å²) < 4.78 is 0. The Hall–Kier alpha value is -2.09. The number of hydrogen-bond donors (Lipinski definition) is 1. The van der Waals surface area contributed by atoms with Crippen LogP contribution in [0, 0.1) is 11.8 Å². The van der Waals surface area contributed by atoms with Gasteiger partial charge in [-0.15, -0.1) is 11.3 Å². The van der Waals surface area contributed by atoms with Gasteiger partial charge >= 0.3 is 0 Å². The first-order valence-electron chi connectivity index (χ1n) is 6.73. The summed E-state index contributed by atoms with van der Waals surface area (Å²) in [5.74, 6) is 5.95. The molecule has 0 fully saturated rings. The van der Waals surface area contributed by atoms with E-state index in [9.17, 15) is 4.79 Å². The molecule has 2 rings (SSSR count). The third kappa shape index (κ3) is 4.75. The molecule has 21 heavy (non-hydrogen) atoms. The topological polar surface area (TPSA) is 46.3 Å². The van der Waals surface area contributed by atoms with Crippen LogP contribution < -0.4 is 5.73 Å². The smallest absolute Gasteiger partial charge is 0.227 e. The minimum absolute atomic E-state index is 0.113. The highest BCUT2D eigenvalue weighted by Gasteiger charge is 2.10. The number of likely N-dealkylation sites (N-methyl/N-ethyl adjacent to an activating group) is 1. The molecule has 0 bridgehead atoms. The number of nitrogens with zero attached hydrogens (tertiary/aromatic N) is 1. The molecule has 3 nitrogen and oxygen atoms in total. The summed E-state index contributed by atoms with van der Waals surface area (Å²) in [6.07, 6.45) is 0.432. The summed E-state index contributed by atoms with van der Waals surface area (Å²) in [4.78, 5) is 14.9. The van der Waals surface area contributed by atoms with Crippen molar-refractivity contribution in [3.8, 4) is 11.8 Å². The van der Waals surface area contributed by atoms with E-state index in [0.29, 0.717) is 19.5 Å². The van der Waals surface area contributed by atoms with Gasteiger partial charge in [-0.05, 0) is 22.6 Å². The van der Waals surface area contributed by atoms with E-state index >= 15 is 0 Å². The molecule has 0 spiro atoms.